The van der Waals surface area contributed by atoms with Gasteiger partial charge in [-0.05, 0) is 22.6 Å². The Morgan fingerprint density at radius 2 is 2.00 bits per heavy atom. The van der Waals surface area contributed by atoms with Crippen LogP contribution in [-0.4, -0.2) is 14.6 Å². The van der Waals surface area contributed by atoms with Gasteiger partial charge in [-0.25, -0.2) is 4.98 Å². The lowest BCUT2D eigenvalue weighted by molar-refractivity contribution is 0.591. The van der Waals surface area contributed by atoms with Crippen LogP contribution in [0.4, 0.5) is 4.39 Å². The van der Waals surface area contributed by atoms with Gasteiger partial charge in [0, 0.05) is 11.1 Å². The largest absolute Gasteiger partial charge is 0.308 e. The van der Waals surface area contributed by atoms with Gasteiger partial charge in [0.15, 0.2) is 5.65 Å². The van der Waals surface area contributed by atoms with Crippen molar-refractivity contribution < 1.29 is 4.39 Å². The molecule has 108 valence electrons. The molecule has 0 aliphatic rings. The summed E-state index contributed by atoms with van der Waals surface area (Å²) < 4.78 is 14.4. The van der Waals surface area contributed by atoms with Crippen LogP contribution in [0, 0.1) is 5.82 Å². The van der Waals surface area contributed by atoms with Crippen LogP contribution in [0.3, 0.4) is 0 Å². The number of halogens is 1. The summed E-state index contributed by atoms with van der Waals surface area (Å²) in [6.45, 7) is 0. The summed E-state index contributed by atoms with van der Waals surface area (Å²) in [5.74, 6) is -0.873. The fraction of sp³-hybridized carbons (Fsp3) is 0. The van der Waals surface area contributed by atoms with Crippen LogP contribution < -0.4 is 5.56 Å². The van der Waals surface area contributed by atoms with Crippen LogP contribution >= 0.6 is 11.3 Å². The first-order valence-electron chi connectivity index (χ1n) is 6.63. The Labute approximate surface area is 128 Å². The van der Waals surface area contributed by atoms with E-state index in [0.717, 1.165) is 32.3 Å². The molecule has 0 fully saturated rings. The monoisotopic (exact) mass is 311 g/mol. The minimum absolute atomic E-state index is 0.424. The maximum atomic E-state index is 13.3. The third-order valence-electron chi connectivity index (χ3n) is 3.47. The number of thiophene rings is 1. The number of fused-ring (bicyclic) bond motifs is 1. The SMILES string of the molecule is O=c1c(F)cnc2c(-c3cc(-c4ccccc4)cs3)c[nH]n12. The van der Waals surface area contributed by atoms with Crippen molar-refractivity contribution in [2.75, 3.05) is 0 Å². The van der Waals surface area contributed by atoms with Gasteiger partial charge < -0.3 is 0 Å². The minimum Gasteiger partial charge on any atom is -0.296 e. The van der Waals surface area contributed by atoms with Gasteiger partial charge in [0.25, 0.3) is 0 Å². The lowest BCUT2D eigenvalue weighted by atomic mass is 10.1. The van der Waals surface area contributed by atoms with E-state index in [0.29, 0.717) is 5.65 Å². The lowest BCUT2D eigenvalue weighted by Crippen LogP contribution is -2.17. The van der Waals surface area contributed by atoms with Crippen LogP contribution in [0.1, 0.15) is 0 Å². The average molecular weight is 311 g/mol. The van der Waals surface area contributed by atoms with Gasteiger partial charge in [0.05, 0.1) is 11.8 Å². The molecule has 1 aromatic carbocycles. The molecule has 0 spiro atoms. The van der Waals surface area contributed by atoms with E-state index < -0.39 is 11.4 Å². The third kappa shape index (κ3) is 1.96. The maximum Gasteiger partial charge on any atom is 0.308 e. The first-order chi connectivity index (χ1) is 10.7. The van der Waals surface area contributed by atoms with Gasteiger partial charge in [-0.3, -0.25) is 9.89 Å². The molecule has 0 aliphatic heterocycles. The van der Waals surface area contributed by atoms with Crippen molar-refractivity contribution in [3.8, 4) is 21.6 Å². The van der Waals surface area contributed by atoms with Gasteiger partial charge in [0.1, 0.15) is 0 Å². The molecule has 0 unspecified atom stereocenters. The molecule has 0 amide bonds. The Balaban J connectivity index is 1.85. The Morgan fingerprint density at radius 3 is 2.82 bits per heavy atom. The van der Waals surface area contributed by atoms with Crippen LogP contribution in [0.25, 0.3) is 27.2 Å². The van der Waals surface area contributed by atoms with E-state index in [-0.39, 0.29) is 0 Å². The summed E-state index contributed by atoms with van der Waals surface area (Å²) in [7, 11) is 0. The van der Waals surface area contributed by atoms with Gasteiger partial charge in [0.2, 0.25) is 5.82 Å². The van der Waals surface area contributed by atoms with Crippen molar-refractivity contribution in [1.82, 2.24) is 14.6 Å². The highest BCUT2D eigenvalue weighted by atomic mass is 32.1. The fourth-order valence-electron chi connectivity index (χ4n) is 2.38. The normalized spacial score (nSPS) is 11.1. The molecule has 1 N–H and O–H groups in total. The molecular weight excluding hydrogens is 301 g/mol. The van der Waals surface area contributed by atoms with E-state index in [2.05, 4.69) is 15.5 Å². The van der Waals surface area contributed by atoms with Crippen LogP contribution in [0.15, 0.2) is 59.0 Å². The number of hydrogen-bond donors (Lipinski definition) is 1. The quantitative estimate of drug-likeness (QED) is 0.615. The highest BCUT2D eigenvalue weighted by Crippen LogP contribution is 2.33. The molecule has 3 aromatic heterocycles. The highest BCUT2D eigenvalue weighted by molar-refractivity contribution is 7.14. The van der Waals surface area contributed by atoms with Gasteiger partial charge in [-0.15, -0.1) is 11.3 Å². The first kappa shape index (κ1) is 13.0. The second-order valence-corrected chi connectivity index (χ2v) is 5.73. The predicted octanol–water partition coefficient (Wildman–Crippen LogP) is 3.56. The number of aromatic nitrogens is 3. The number of nitrogens with zero attached hydrogens (tertiary/aromatic N) is 2. The second-order valence-electron chi connectivity index (χ2n) is 4.82. The number of hydrogen-bond acceptors (Lipinski definition) is 3. The Kier molecular flexibility index (Phi) is 2.90. The maximum absolute atomic E-state index is 13.3. The Hall–Kier alpha value is -2.73. The number of H-pyrrole nitrogens is 1. The molecule has 0 aliphatic carbocycles. The summed E-state index contributed by atoms with van der Waals surface area (Å²) >= 11 is 1.56. The van der Waals surface area contributed by atoms with Crippen molar-refractivity contribution in [3.63, 3.8) is 0 Å². The van der Waals surface area contributed by atoms with Crippen LogP contribution in [0.2, 0.25) is 0 Å². The summed E-state index contributed by atoms with van der Waals surface area (Å²) in [6.07, 6.45) is 2.63. The second kappa shape index (κ2) is 4.92. The van der Waals surface area contributed by atoms with E-state index in [1.807, 2.05) is 36.4 Å². The summed E-state index contributed by atoms with van der Waals surface area (Å²) in [4.78, 5) is 16.7. The first-order valence-corrected chi connectivity index (χ1v) is 7.51. The van der Waals surface area contributed by atoms with E-state index >= 15 is 0 Å². The van der Waals surface area contributed by atoms with E-state index in [1.54, 1.807) is 17.5 Å². The van der Waals surface area contributed by atoms with Crippen molar-refractivity contribution in [2.24, 2.45) is 0 Å². The zero-order valence-corrected chi connectivity index (χ0v) is 12.1. The van der Waals surface area contributed by atoms with Crippen molar-refractivity contribution in [2.45, 2.75) is 0 Å². The molecule has 22 heavy (non-hydrogen) atoms. The summed E-state index contributed by atoms with van der Waals surface area (Å²) in [5.41, 5.74) is 2.71. The molecule has 4 rings (SSSR count). The van der Waals surface area contributed by atoms with Crippen molar-refractivity contribution in [1.29, 1.82) is 0 Å². The highest BCUT2D eigenvalue weighted by Gasteiger charge is 2.13. The molecule has 6 heteroatoms. The van der Waals surface area contributed by atoms with E-state index in [4.69, 9.17) is 0 Å². The molecule has 0 saturated carbocycles. The number of nitrogens with one attached hydrogen (secondary N) is 1. The zero-order chi connectivity index (χ0) is 15.1. The van der Waals surface area contributed by atoms with Crippen LogP contribution in [0.5, 0.6) is 0 Å². The van der Waals surface area contributed by atoms with Crippen molar-refractivity contribution in [3.05, 3.63) is 70.3 Å². The van der Waals surface area contributed by atoms with Gasteiger partial charge in [-0.2, -0.15) is 8.91 Å². The fourth-order valence-corrected chi connectivity index (χ4v) is 3.31. The third-order valence-corrected chi connectivity index (χ3v) is 4.43. The molecule has 0 atom stereocenters. The van der Waals surface area contributed by atoms with Gasteiger partial charge >= 0.3 is 5.56 Å². The number of aromatic amines is 1. The molecule has 0 radical (unpaired) electrons. The molecule has 0 bridgehead atoms. The Morgan fingerprint density at radius 1 is 1.18 bits per heavy atom. The minimum atomic E-state index is -0.873. The molecule has 4 nitrogen and oxygen atoms in total. The Bertz CT molecular complexity index is 1020. The smallest absolute Gasteiger partial charge is 0.296 e. The zero-order valence-electron chi connectivity index (χ0n) is 11.3. The molecule has 0 saturated heterocycles. The predicted molar refractivity (Wildman–Crippen MR) is 84.5 cm³/mol. The average Bonchev–Trinajstić information content (AvgIpc) is 3.18. The molecule has 4 aromatic rings. The number of benzene rings is 1. The standard InChI is InChI=1S/C16H10FN3OS/c17-13-8-18-15-12(7-19-20(15)16(13)21)14-6-11(9-22-14)10-4-2-1-3-5-10/h1-9,19H. The molecule has 3 heterocycles. The topological polar surface area (TPSA) is 50.2 Å². The number of rotatable bonds is 2. The molecular formula is C16H10FN3OS. The van der Waals surface area contributed by atoms with Crippen molar-refractivity contribution >= 4 is 17.0 Å². The lowest BCUT2D eigenvalue weighted by Gasteiger charge is -1.96. The summed E-state index contributed by atoms with van der Waals surface area (Å²) in [6, 6.07) is 12.1. The van der Waals surface area contributed by atoms with E-state index in [1.165, 1.54) is 0 Å². The van der Waals surface area contributed by atoms with E-state index in [9.17, 15) is 9.18 Å². The summed E-state index contributed by atoms with van der Waals surface area (Å²) in [5, 5.41) is 4.80. The van der Waals surface area contributed by atoms with Gasteiger partial charge in [-0.1, -0.05) is 30.3 Å². The van der Waals surface area contributed by atoms with Crippen LogP contribution in [-0.2, 0) is 0 Å².